The van der Waals surface area contributed by atoms with Crippen molar-refractivity contribution < 1.29 is 42.9 Å². The maximum absolute atomic E-state index is 13.2. The summed E-state index contributed by atoms with van der Waals surface area (Å²) < 4.78 is 27.0. The molecule has 0 aromatic rings. The van der Waals surface area contributed by atoms with Crippen LogP contribution in [0.15, 0.2) is 0 Å². The number of carbonyl (C=O) groups excluding carboxylic acids is 4. The van der Waals surface area contributed by atoms with Gasteiger partial charge in [0.15, 0.2) is 0 Å². The number of ether oxygens (including phenoxy) is 5. The molecule has 0 saturated carbocycles. The molecule has 4 amide bonds. The number of nitrogens with one attached hydrogen (secondary N) is 4. The van der Waals surface area contributed by atoms with Gasteiger partial charge in [0.2, 0.25) is 23.6 Å². The van der Waals surface area contributed by atoms with Gasteiger partial charge in [-0.15, -0.1) is 0 Å². The van der Waals surface area contributed by atoms with E-state index >= 15 is 0 Å². The standard InChI is InChI=1S/C32H62N4O9/c1-8-27(37)33-14-10-11-15-34-28(38)13-12-26(36-30(40)32(5,6)25-45-24-31(3,4)9-2)29(39)35-16-17-42-20-21-44-23-22-43-19-18-41-7/h26H,8-25H2,1-7H3,(H,33,37)(H,34,38)(H,35,39)(H,36,40)/t26-/m0/s1. The van der Waals surface area contributed by atoms with E-state index in [4.69, 9.17) is 23.7 Å². The van der Waals surface area contributed by atoms with Crippen LogP contribution in [0.4, 0.5) is 0 Å². The van der Waals surface area contributed by atoms with Gasteiger partial charge in [-0.3, -0.25) is 19.2 Å². The predicted octanol–water partition coefficient (Wildman–Crippen LogP) is 1.97. The van der Waals surface area contributed by atoms with Crippen molar-refractivity contribution >= 4 is 23.6 Å². The summed E-state index contributed by atoms with van der Waals surface area (Å²) in [5.74, 6) is -0.927. The highest BCUT2D eigenvalue weighted by molar-refractivity contribution is 5.90. The van der Waals surface area contributed by atoms with Crippen LogP contribution in [0, 0.1) is 10.8 Å². The molecule has 4 N–H and O–H groups in total. The van der Waals surface area contributed by atoms with E-state index in [9.17, 15) is 19.2 Å². The Labute approximate surface area is 270 Å². The zero-order chi connectivity index (χ0) is 34.0. The average molecular weight is 647 g/mol. The molecule has 0 aliphatic carbocycles. The van der Waals surface area contributed by atoms with E-state index < -0.39 is 11.5 Å². The van der Waals surface area contributed by atoms with Gasteiger partial charge >= 0.3 is 0 Å². The minimum absolute atomic E-state index is 0.00102. The van der Waals surface area contributed by atoms with Crippen LogP contribution in [0.5, 0.6) is 0 Å². The fourth-order valence-electron chi connectivity index (χ4n) is 3.62. The topological polar surface area (TPSA) is 163 Å². The molecule has 45 heavy (non-hydrogen) atoms. The molecule has 0 fully saturated rings. The molecule has 1 atom stereocenters. The Morgan fingerprint density at radius 1 is 0.667 bits per heavy atom. The van der Waals surface area contributed by atoms with Crippen LogP contribution < -0.4 is 21.3 Å². The molecule has 13 nitrogen and oxygen atoms in total. The lowest BCUT2D eigenvalue weighted by Crippen LogP contribution is -2.52. The summed E-state index contributed by atoms with van der Waals surface area (Å²) in [6.07, 6.45) is 3.05. The molecular weight excluding hydrogens is 584 g/mol. The summed E-state index contributed by atoms with van der Waals surface area (Å²) >= 11 is 0. The Bertz CT molecular complexity index is 824. The predicted molar refractivity (Wildman–Crippen MR) is 173 cm³/mol. The van der Waals surface area contributed by atoms with Gasteiger partial charge in [-0.25, -0.2) is 0 Å². The lowest BCUT2D eigenvalue weighted by atomic mass is 9.90. The second-order valence-electron chi connectivity index (χ2n) is 12.3. The smallest absolute Gasteiger partial charge is 0.242 e. The number of carbonyl (C=O) groups is 4. The Morgan fingerprint density at radius 3 is 1.78 bits per heavy atom. The van der Waals surface area contributed by atoms with Crippen LogP contribution in [-0.2, 0) is 42.9 Å². The summed E-state index contributed by atoms with van der Waals surface area (Å²) in [7, 11) is 1.62. The highest BCUT2D eigenvalue weighted by Gasteiger charge is 2.32. The normalized spacial score (nSPS) is 12.4. The molecule has 0 saturated heterocycles. The van der Waals surface area contributed by atoms with Crippen molar-refractivity contribution in [2.24, 2.45) is 10.8 Å². The lowest BCUT2D eigenvalue weighted by Gasteiger charge is -2.29. The van der Waals surface area contributed by atoms with Crippen LogP contribution in [-0.4, -0.2) is 116 Å². The molecule has 0 spiro atoms. The molecule has 0 aromatic carbocycles. The third-order valence-electron chi connectivity index (χ3n) is 7.10. The lowest BCUT2D eigenvalue weighted by molar-refractivity contribution is -0.137. The second-order valence-corrected chi connectivity index (χ2v) is 12.3. The molecule has 0 heterocycles. The Kier molecular flexibility index (Phi) is 24.5. The number of rotatable bonds is 29. The van der Waals surface area contributed by atoms with Gasteiger partial charge in [-0.05, 0) is 44.9 Å². The zero-order valence-electron chi connectivity index (χ0n) is 29.0. The van der Waals surface area contributed by atoms with Gasteiger partial charge in [0.1, 0.15) is 6.04 Å². The van der Waals surface area contributed by atoms with E-state index in [0.29, 0.717) is 72.2 Å². The third-order valence-corrected chi connectivity index (χ3v) is 7.10. The van der Waals surface area contributed by atoms with Crippen molar-refractivity contribution in [3.63, 3.8) is 0 Å². The van der Waals surface area contributed by atoms with Crippen LogP contribution in [0.25, 0.3) is 0 Å². The molecule has 0 aliphatic heterocycles. The summed E-state index contributed by atoms with van der Waals surface area (Å²) in [6.45, 7) is 16.6. The quantitative estimate of drug-likeness (QED) is 0.0891. The van der Waals surface area contributed by atoms with Crippen molar-refractivity contribution in [3.05, 3.63) is 0 Å². The number of unbranched alkanes of at least 4 members (excludes halogenated alkanes) is 1. The largest absolute Gasteiger partial charge is 0.382 e. The maximum atomic E-state index is 13.2. The van der Waals surface area contributed by atoms with Crippen molar-refractivity contribution in [3.8, 4) is 0 Å². The second kappa shape index (κ2) is 25.8. The first-order valence-corrected chi connectivity index (χ1v) is 16.3. The summed E-state index contributed by atoms with van der Waals surface area (Å²) in [6, 6.07) is -0.902. The SMILES string of the molecule is CCC(=O)NCCCCNC(=O)CC[C@H](NC(=O)C(C)(C)COCC(C)(C)CC)C(=O)NCCOCCOCCOCCOC. The third kappa shape index (κ3) is 23.6. The molecule has 0 radical (unpaired) electrons. The van der Waals surface area contributed by atoms with Gasteiger partial charge < -0.3 is 45.0 Å². The molecule has 13 heteroatoms. The van der Waals surface area contributed by atoms with E-state index in [1.165, 1.54) is 0 Å². The fourth-order valence-corrected chi connectivity index (χ4v) is 3.62. The fraction of sp³-hybridized carbons (Fsp3) is 0.875. The number of hydrogen-bond acceptors (Lipinski definition) is 9. The Morgan fingerprint density at radius 2 is 1.22 bits per heavy atom. The van der Waals surface area contributed by atoms with Crippen LogP contribution in [0.2, 0.25) is 0 Å². The van der Waals surface area contributed by atoms with Gasteiger partial charge in [-0.1, -0.05) is 27.7 Å². The first-order chi connectivity index (χ1) is 21.4. The van der Waals surface area contributed by atoms with Gasteiger partial charge in [0, 0.05) is 39.6 Å². The monoisotopic (exact) mass is 646 g/mol. The Hall–Kier alpha value is -2.32. The number of amides is 4. The minimum atomic E-state index is -0.902. The van der Waals surface area contributed by atoms with E-state index in [1.54, 1.807) is 27.9 Å². The van der Waals surface area contributed by atoms with E-state index in [0.717, 1.165) is 12.8 Å². The number of hydrogen-bond donors (Lipinski definition) is 4. The minimum Gasteiger partial charge on any atom is -0.382 e. The summed E-state index contributed by atoms with van der Waals surface area (Å²) in [5.41, 5.74) is -0.881. The molecular formula is C32H62N4O9. The van der Waals surface area contributed by atoms with Crippen molar-refractivity contribution in [2.75, 3.05) is 86.2 Å². The van der Waals surface area contributed by atoms with Crippen LogP contribution in [0.1, 0.15) is 80.1 Å². The zero-order valence-corrected chi connectivity index (χ0v) is 29.0. The van der Waals surface area contributed by atoms with E-state index in [2.05, 4.69) is 42.0 Å². The van der Waals surface area contributed by atoms with Gasteiger partial charge in [0.25, 0.3) is 0 Å². The summed E-state index contributed by atoms with van der Waals surface area (Å²) in [5, 5.41) is 11.3. The van der Waals surface area contributed by atoms with Crippen LogP contribution >= 0.6 is 0 Å². The van der Waals surface area contributed by atoms with Gasteiger partial charge in [0.05, 0.1) is 64.9 Å². The highest BCUT2D eigenvalue weighted by Crippen LogP contribution is 2.23. The average Bonchev–Trinajstić information content (AvgIpc) is 3.00. The molecule has 0 aliphatic rings. The van der Waals surface area contributed by atoms with Crippen molar-refractivity contribution in [2.45, 2.75) is 86.1 Å². The molecule has 0 rings (SSSR count). The highest BCUT2D eigenvalue weighted by atomic mass is 16.6. The first kappa shape index (κ1) is 42.7. The summed E-state index contributed by atoms with van der Waals surface area (Å²) in [4.78, 5) is 50.1. The number of methoxy groups -OCH3 is 1. The molecule has 0 unspecified atom stereocenters. The van der Waals surface area contributed by atoms with Crippen molar-refractivity contribution in [1.82, 2.24) is 21.3 Å². The first-order valence-electron chi connectivity index (χ1n) is 16.3. The van der Waals surface area contributed by atoms with E-state index in [1.807, 2.05) is 0 Å². The Balaban J connectivity index is 4.75. The van der Waals surface area contributed by atoms with Crippen molar-refractivity contribution in [1.29, 1.82) is 0 Å². The molecule has 264 valence electrons. The van der Waals surface area contributed by atoms with Gasteiger partial charge in [-0.2, -0.15) is 0 Å². The molecule has 0 bridgehead atoms. The molecule has 0 aromatic heterocycles. The van der Waals surface area contributed by atoms with Crippen LogP contribution in [0.3, 0.4) is 0 Å². The maximum Gasteiger partial charge on any atom is 0.242 e. The van der Waals surface area contributed by atoms with E-state index in [-0.39, 0.29) is 61.6 Å².